The summed E-state index contributed by atoms with van der Waals surface area (Å²) in [5, 5.41) is 6.60. The van der Waals surface area contributed by atoms with Gasteiger partial charge < -0.3 is 15.4 Å². The van der Waals surface area contributed by atoms with Crippen LogP contribution in [-0.4, -0.2) is 93.3 Å². The lowest BCUT2D eigenvalue weighted by molar-refractivity contribution is -0.0104. The summed E-state index contributed by atoms with van der Waals surface area (Å²) in [4.78, 5) is 7.40. The number of hydrogen-bond acceptors (Lipinski definition) is 6. The van der Waals surface area contributed by atoms with Crippen LogP contribution in [0.1, 0.15) is 19.8 Å². The molecule has 0 spiro atoms. The van der Waals surface area contributed by atoms with Crippen molar-refractivity contribution < 1.29 is 13.2 Å². The van der Waals surface area contributed by atoms with Crippen molar-refractivity contribution in [2.24, 2.45) is 4.99 Å². The van der Waals surface area contributed by atoms with E-state index < -0.39 is 9.84 Å². The van der Waals surface area contributed by atoms with E-state index >= 15 is 0 Å². The maximum Gasteiger partial charge on any atom is 0.191 e. The highest BCUT2D eigenvalue weighted by Gasteiger charge is 2.40. The average Bonchev–Trinajstić information content (AvgIpc) is 3.21. The number of nitrogens with one attached hydrogen (secondary N) is 2. The molecule has 0 amide bonds. The van der Waals surface area contributed by atoms with Crippen LogP contribution < -0.4 is 10.6 Å². The van der Waals surface area contributed by atoms with E-state index in [1.807, 2.05) is 18.7 Å². The van der Waals surface area contributed by atoms with Crippen LogP contribution in [0.2, 0.25) is 0 Å². The topological polar surface area (TPSA) is 83.0 Å². The van der Waals surface area contributed by atoms with Crippen LogP contribution in [0, 0.1) is 0 Å². The zero-order chi connectivity index (χ0) is 17.8. The van der Waals surface area contributed by atoms with Crippen LogP contribution in [0.4, 0.5) is 0 Å². The van der Waals surface area contributed by atoms with Crippen LogP contribution in [0.15, 0.2) is 4.99 Å². The summed E-state index contributed by atoms with van der Waals surface area (Å²) in [5.74, 6) is 3.51. The van der Waals surface area contributed by atoms with Crippen molar-refractivity contribution in [3.63, 3.8) is 0 Å². The Balaban J connectivity index is 0.00000243. The third kappa shape index (κ3) is 5.86. The Bertz CT molecular complexity index is 576. The molecule has 3 aliphatic heterocycles. The first kappa shape index (κ1) is 22.5. The van der Waals surface area contributed by atoms with E-state index in [0.717, 1.165) is 57.5 Å². The molecule has 3 heterocycles. The van der Waals surface area contributed by atoms with Gasteiger partial charge in [0.1, 0.15) is 0 Å². The Morgan fingerprint density at radius 3 is 2.73 bits per heavy atom. The van der Waals surface area contributed by atoms with Crippen LogP contribution in [0.3, 0.4) is 0 Å². The number of guanidine groups is 1. The molecule has 3 aliphatic rings. The van der Waals surface area contributed by atoms with Gasteiger partial charge in [-0.25, -0.2) is 8.42 Å². The van der Waals surface area contributed by atoms with E-state index in [4.69, 9.17) is 9.73 Å². The van der Waals surface area contributed by atoms with Crippen molar-refractivity contribution in [1.82, 2.24) is 15.5 Å². The lowest BCUT2D eigenvalue weighted by Crippen LogP contribution is -2.56. The van der Waals surface area contributed by atoms with Gasteiger partial charge in [-0.05, 0) is 25.5 Å². The maximum atomic E-state index is 11.7. The van der Waals surface area contributed by atoms with E-state index in [0.29, 0.717) is 6.42 Å². The number of halogens is 1. The molecular formula is C16H31IN4O3S2. The van der Waals surface area contributed by atoms with Crippen molar-refractivity contribution in [1.29, 1.82) is 0 Å². The number of hydrogen-bond donors (Lipinski definition) is 2. The Labute approximate surface area is 178 Å². The van der Waals surface area contributed by atoms with Gasteiger partial charge in [0.25, 0.3) is 0 Å². The van der Waals surface area contributed by atoms with Gasteiger partial charge >= 0.3 is 0 Å². The summed E-state index contributed by atoms with van der Waals surface area (Å²) in [7, 11) is -2.89. The molecule has 0 saturated carbocycles. The fourth-order valence-electron chi connectivity index (χ4n) is 3.76. The highest BCUT2D eigenvalue weighted by Crippen LogP contribution is 2.34. The van der Waals surface area contributed by atoms with E-state index in [9.17, 15) is 8.42 Å². The van der Waals surface area contributed by atoms with Gasteiger partial charge in [-0.15, -0.1) is 24.0 Å². The lowest BCUT2D eigenvalue weighted by Gasteiger charge is -2.42. The van der Waals surface area contributed by atoms with Crippen molar-refractivity contribution in [2.75, 3.05) is 62.4 Å². The first-order valence-electron chi connectivity index (χ1n) is 9.19. The van der Waals surface area contributed by atoms with Gasteiger partial charge in [-0.1, -0.05) is 0 Å². The third-order valence-corrected chi connectivity index (χ3v) is 8.22. The minimum absolute atomic E-state index is 0. The SMILES string of the molecule is CCNC(=NCC1(N2CCOCC2)CCSC1)NC1CCS(=O)(=O)C1.I. The summed E-state index contributed by atoms with van der Waals surface area (Å²) < 4.78 is 28.9. The van der Waals surface area contributed by atoms with E-state index in [1.54, 1.807) is 0 Å². The Morgan fingerprint density at radius 1 is 1.38 bits per heavy atom. The standard InChI is InChI=1S/C16H30N4O3S2.HI/c1-2-17-15(19-14-3-10-25(21,22)11-14)18-12-16(4-9-24-13-16)20-5-7-23-8-6-20;/h14H,2-13H2,1H3,(H2,17,18,19);1H. The summed E-state index contributed by atoms with van der Waals surface area (Å²) in [6.07, 6.45) is 1.82. The molecule has 3 fully saturated rings. The Morgan fingerprint density at radius 2 is 2.15 bits per heavy atom. The first-order chi connectivity index (χ1) is 12.0. The third-order valence-electron chi connectivity index (χ3n) is 5.21. The number of aliphatic imine (C=N–C) groups is 1. The number of morpholine rings is 1. The molecule has 0 aromatic rings. The molecule has 0 aromatic heterocycles. The van der Waals surface area contributed by atoms with Gasteiger partial charge in [0, 0.05) is 31.4 Å². The molecular weight excluding hydrogens is 487 g/mol. The minimum atomic E-state index is -2.89. The van der Waals surface area contributed by atoms with Gasteiger partial charge in [0.05, 0.1) is 36.8 Å². The molecule has 2 atom stereocenters. The van der Waals surface area contributed by atoms with Crippen molar-refractivity contribution in [2.45, 2.75) is 31.3 Å². The van der Waals surface area contributed by atoms with Crippen LogP contribution >= 0.6 is 35.7 Å². The zero-order valence-electron chi connectivity index (χ0n) is 15.4. The predicted octanol–water partition coefficient (Wildman–Crippen LogP) is 0.555. The van der Waals surface area contributed by atoms with Gasteiger partial charge in [-0.2, -0.15) is 11.8 Å². The average molecular weight is 518 g/mol. The lowest BCUT2D eigenvalue weighted by atomic mass is 9.96. The second kappa shape index (κ2) is 10.1. The van der Waals surface area contributed by atoms with Crippen LogP contribution in [0.25, 0.3) is 0 Å². The second-order valence-electron chi connectivity index (χ2n) is 7.07. The molecule has 0 aromatic carbocycles. The Kier molecular flexibility index (Phi) is 8.77. The molecule has 3 saturated heterocycles. The molecule has 7 nitrogen and oxygen atoms in total. The van der Waals surface area contributed by atoms with Gasteiger partial charge in [0.15, 0.2) is 15.8 Å². The number of rotatable bonds is 5. The van der Waals surface area contributed by atoms with Gasteiger partial charge in [0.2, 0.25) is 0 Å². The fourth-order valence-corrected chi connectivity index (χ4v) is 6.90. The molecule has 26 heavy (non-hydrogen) atoms. The molecule has 0 aliphatic carbocycles. The number of nitrogens with zero attached hydrogens (tertiary/aromatic N) is 2. The minimum Gasteiger partial charge on any atom is -0.379 e. The summed E-state index contributed by atoms with van der Waals surface area (Å²) in [5.41, 5.74) is 0.110. The summed E-state index contributed by atoms with van der Waals surface area (Å²) in [6, 6.07) is -0.0277. The molecule has 2 N–H and O–H groups in total. The maximum absolute atomic E-state index is 11.7. The first-order valence-corrected chi connectivity index (χ1v) is 12.2. The summed E-state index contributed by atoms with van der Waals surface area (Å²) in [6.45, 7) is 7.09. The number of sulfone groups is 1. The summed E-state index contributed by atoms with van der Waals surface area (Å²) >= 11 is 2.00. The zero-order valence-corrected chi connectivity index (χ0v) is 19.4. The number of thioether (sulfide) groups is 1. The van der Waals surface area contributed by atoms with E-state index in [2.05, 4.69) is 15.5 Å². The normalized spacial score (nSPS) is 32.2. The number of ether oxygens (including phenoxy) is 1. The van der Waals surface area contributed by atoms with Crippen molar-refractivity contribution >= 4 is 51.5 Å². The predicted molar refractivity (Wildman–Crippen MR) is 119 cm³/mol. The highest BCUT2D eigenvalue weighted by molar-refractivity contribution is 14.0. The monoisotopic (exact) mass is 518 g/mol. The molecule has 2 unspecified atom stereocenters. The molecule has 0 radical (unpaired) electrons. The molecule has 152 valence electrons. The molecule has 10 heteroatoms. The van der Waals surface area contributed by atoms with Crippen molar-refractivity contribution in [3.05, 3.63) is 0 Å². The quantitative estimate of drug-likeness (QED) is 0.313. The fraction of sp³-hybridized carbons (Fsp3) is 0.938. The van der Waals surface area contributed by atoms with Gasteiger partial charge in [-0.3, -0.25) is 9.89 Å². The smallest absolute Gasteiger partial charge is 0.191 e. The van der Waals surface area contributed by atoms with Crippen LogP contribution in [-0.2, 0) is 14.6 Å². The van der Waals surface area contributed by atoms with Crippen molar-refractivity contribution in [3.8, 4) is 0 Å². The highest BCUT2D eigenvalue weighted by atomic mass is 127. The molecule has 0 bridgehead atoms. The van der Waals surface area contributed by atoms with Crippen LogP contribution in [0.5, 0.6) is 0 Å². The second-order valence-corrected chi connectivity index (χ2v) is 10.4. The van der Waals surface area contributed by atoms with E-state index in [-0.39, 0.29) is 47.1 Å². The Hall–Kier alpha value is 0.220. The largest absolute Gasteiger partial charge is 0.379 e. The van der Waals surface area contributed by atoms with E-state index in [1.165, 1.54) is 5.75 Å². The molecule has 3 rings (SSSR count).